The number of aryl methyl sites for hydroxylation is 1. The van der Waals surface area contributed by atoms with E-state index in [1.807, 2.05) is 0 Å². The summed E-state index contributed by atoms with van der Waals surface area (Å²) in [6.45, 7) is 8.22. The minimum absolute atomic E-state index is 0.0342. The smallest absolute Gasteiger partial charge is 0.342 e. The van der Waals surface area contributed by atoms with Crippen LogP contribution in [0.5, 0.6) is 11.5 Å². The molecule has 0 bridgehead atoms. The maximum atomic E-state index is 13.7. The largest absolute Gasteiger partial charge is 0.504 e. The van der Waals surface area contributed by atoms with E-state index in [0.29, 0.717) is 17.8 Å². The number of aromatic nitrogens is 1. The molecule has 2 aromatic rings. The highest BCUT2D eigenvalue weighted by atomic mass is 35.5. The molecular formula is C36H45ClN8O11S2. The van der Waals surface area contributed by atoms with Crippen LogP contribution >= 0.6 is 34.7 Å². The van der Waals surface area contributed by atoms with Crippen LogP contribution in [0, 0.1) is 12.8 Å². The summed E-state index contributed by atoms with van der Waals surface area (Å²) in [6, 6.07) is 0.937. The van der Waals surface area contributed by atoms with Crippen molar-refractivity contribution in [3.05, 3.63) is 38.8 Å². The third-order valence-electron chi connectivity index (χ3n) is 9.97. The number of fused-ring (bicyclic) bond motifs is 1. The Hall–Kier alpha value is -4.99. The predicted octanol–water partition coefficient (Wildman–Crippen LogP) is 2.86. The molecule has 6 N–H and O–H groups in total. The van der Waals surface area contributed by atoms with E-state index in [4.69, 9.17) is 16.4 Å². The van der Waals surface area contributed by atoms with E-state index < -0.39 is 69.0 Å². The third kappa shape index (κ3) is 9.16. The number of phenols is 2. The average molecular weight is 865 g/mol. The lowest BCUT2D eigenvalue weighted by Gasteiger charge is -2.40. The number of carbonyl (C=O) groups is 7. The van der Waals surface area contributed by atoms with Crippen LogP contribution in [0.3, 0.4) is 0 Å². The van der Waals surface area contributed by atoms with Crippen molar-refractivity contribution in [1.82, 2.24) is 35.9 Å². The number of nitrogens with one attached hydrogen (secondary N) is 3. The van der Waals surface area contributed by atoms with Gasteiger partial charge in [0.2, 0.25) is 10.8 Å². The fraction of sp³-hybridized carbons (Fsp3) is 0.528. The van der Waals surface area contributed by atoms with Crippen LogP contribution in [-0.4, -0.2) is 137 Å². The number of aromatic hydroxyl groups is 2. The van der Waals surface area contributed by atoms with Crippen LogP contribution in [0.1, 0.15) is 74.4 Å². The fourth-order valence-corrected chi connectivity index (χ4v) is 8.90. The summed E-state index contributed by atoms with van der Waals surface area (Å²) in [5, 5.41) is 41.7. The lowest BCUT2D eigenvalue weighted by Crippen LogP contribution is -2.60. The van der Waals surface area contributed by atoms with E-state index >= 15 is 0 Å². The van der Waals surface area contributed by atoms with Gasteiger partial charge in [-0.25, -0.2) is 24.8 Å². The van der Waals surface area contributed by atoms with Crippen LogP contribution in [0.25, 0.3) is 0 Å². The van der Waals surface area contributed by atoms with Gasteiger partial charge in [-0.3, -0.25) is 29.1 Å². The molecule has 0 aliphatic carbocycles. The first-order chi connectivity index (χ1) is 27.3. The molecule has 4 heterocycles. The Labute approximate surface area is 346 Å². The summed E-state index contributed by atoms with van der Waals surface area (Å²) in [5.41, 5.74) is 1.80. The van der Waals surface area contributed by atoms with E-state index in [2.05, 4.69) is 26.2 Å². The molecule has 3 aliphatic rings. The number of hydrazine groups is 1. The van der Waals surface area contributed by atoms with Gasteiger partial charge >= 0.3 is 18.0 Å². The molecule has 3 saturated heterocycles. The number of hydrogen-bond acceptors (Lipinski definition) is 15. The molecule has 5 rings (SSSR count). The van der Waals surface area contributed by atoms with Gasteiger partial charge in [0.25, 0.3) is 0 Å². The zero-order chi connectivity index (χ0) is 42.7. The minimum atomic E-state index is -1.82. The molecule has 19 nitrogen and oxygen atoms in total. The van der Waals surface area contributed by atoms with Gasteiger partial charge in [-0.2, -0.15) is 0 Å². The number of hydrogen-bond donors (Lipinski definition) is 6. The Morgan fingerprint density at radius 1 is 1.10 bits per heavy atom. The molecule has 1 unspecified atom stereocenters. The number of rotatable bonds is 19. The zero-order valence-corrected chi connectivity index (χ0v) is 34.8. The molecular weight excluding hydrogens is 820 g/mol. The molecule has 314 valence electrons. The highest BCUT2D eigenvalue weighted by Crippen LogP contribution is 2.53. The Bertz CT molecular complexity index is 2030. The summed E-state index contributed by atoms with van der Waals surface area (Å²) in [7, 11) is 0. The van der Waals surface area contributed by atoms with E-state index in [-0.39, 0.29) is 79.1 Å². The maximum absolute atomic E-state index is 13.7. The average Bonchev–Trinajstić information content (AvgIpc) is 3.85. The number of thiazole rings is 1. The number of benzene rings is 1. The van der Waals surface area contributed by atoms with Crippen LogP contribution in [-0.2, 0) is 24.0 Å². The summed E-state index contributed by atoms with van der Waals surface area (Å²) in [6.07, 6.45) is 0.396. The molecule has 1 aromatic carbocycles. The molecule has 3 aliphatic heterocycles. The molecule has 4 atom stereocenters. The first-order valence-electron chi connectivity index (χ1n) is 18.3. The van der Waals surface area contributed by atoms with Gasteiger partial charge in [-0.1, -0.05) is 28.5 Å². The molecule has 1 aromatic heterocycles. The number of aliphatic carboxylic acids is 1. The quantitative estimate of drug-likeness (QED) is 0.0297. The van der Waals surface area contributed by atoms with Crippen molar-refractivity contribution in [2.45, 2.75) is 82.2 Å². The van der Waals surface area contributed by atoms with Crippen molar-refractivity contribution in [2.24, 2.45) is 11.1 Å². The van der Waals surface area contributed by atoms with Gasteiger partial charge in [-0.15, -0.1) is 11.3 Å². The monoisotopic (exact) mass is 864 g/mol. The van der Waals surface area contributed by atoms with Crippen molar-refractivity contribution >= 4 is 81.7 Å². The first kappa shape index (κ1) is 44.1. The highest BCUT2D eigenvalue weighted by molar-refractivity contribution is 8.02. The second-order valence-corrected chi connectivity index (χ2v) is 17.4. The number of halogens is 1. The second-order valence-electron chi connectivity index (χ2n) is 14.5. The number of urea groups is 2. The Morgan fingerprint density at radius 2 is 1.79 bits per heavy atom. The maximum Gasteiger partial charge on any atom is 0.342 e. The highest BCUT2D eigenvalue weighted by Gasteiger charge is 2.66. The SMILES string of the molecule is CC(=O)C(C)(C)O/N=C(\C(=O)C[C@@H]1C(=O)N2C[C@@](C(=O)O)(N3CC(C)N(NCCCNC(=O)NCCCC(=O)c4ccc(O)c(O)c4Cl)C3=O)S[C@H]12)c1csc(C)n1. The summed E-state index contributed by atoms with van der Waals surface area (Å²) < 4.78 is 0. The molecule has 22 heteroatoms. The summed E-state index contributed by atoms with van der Waals surface area (Å²) >= 11 is 8.14. The van der Waals surface area contributed by atoms with E-state index in [1.54, 1.807) is 19.2 Å². The molecule has 0 saturated carbocycles. The van der Waals surface area contributed by atoms with Gasteiger partial charge in [0, 0.05) is 50.0 Å². The summed E-state index contributed by atoms with van der Waals surface area (Å²) in [5.74, 6) is -4.93. The van der Waals surface area contributed by atoms with Gasteiger partial charge in [0.05, 0.1) is 33.9 Å². The van der Waals surface area contributed by atoms with E-state index in [1.165, 1.54) is 53.0 Å². The fourth-order valence-electron chi connectivity index (χ4n) is 6.36. The van der Waals surface area contributed by atoms with Crippen molar-refractivity contribution in [3.8, 4) is 11.5 Å². The third-order valence-corrected chi connectivity index (χ3v) is 12.9. The molecule has 58 heavy (non-hydrogen) atoms. The van der Waals surface area contributed by atoms with Crippen molar-refractivity contribution in [2.75, 3.05) is 32.7 Å². The van der Waals surface area contributed by atoms with Gasteiger partial charge in [0.1, 0.15) is 5.69 Å². The van der Waals surface area contributed by atoms with Crippen molar-refractivity contribution in [3.63, 3.8) is 0 Å². The number of amides is 5. The lowest BCUT2D eigenvalue weighted by atomic mass is 9.90. The first-order valence-corrected chi connectivity index (χ1v) is 20.5. The topological polar surface area (TPSA) is 260 Å². The summed E-state index contributed by atoms with van der Waals surface area (Å²) in [4.78, 5) is 101. The Kier molecular flexibility index (Phi) is 13.6. The van der Waals surface area contributed by atoms with Crippen LogP contribution in [0.2, 0.25) is 5.02 Å². The van der Waals surface area contributed by atoms with Gasteiger partial charge < -0.3 is 35.7 Å². The predicted molar refractivity (Wildman–Crippen MR) is 212 cm³/mol. The number of oxime groups is 1. The lowest BCUT2D eigenvalue weighted by molar-refractivity contribution is -0.154. The van der Waals surface area contributed by atoms with E-state index in [0.717, 1.165) is 17.8 Å². The number of Topliss-reactive ketones (excluding diaryl/α,β-unsaturated/α-hetero) is 3. The number of nitrogens with zero attached hydrogens (tertiary/aromatic N) is 5. The van der Waals surface area contributed by atoms with Gasteiger partial charge in [0.15, 0.2) is 40.2 Å². The molecule has 0 spiro atoms. The number of ketones is 3. The standard InChI is InChI=1S/C36H45ClN8O11S2/c1-18-15-44(34(55)45(18)40-13-7-12-39-33(54)38-11-6-8-24(47)21-9-10-25(48)29(50)27(21)37)36(32(52)53)17-43-30(51)22(31(43)58-36)14-26(49)28(23-16-57-20(3)41-23)42-56-35(4,5)19(2)46/h9-10,16,18,22,31,40,48,50H,6-8,11-15,17H2,1-5H3,(H,52,53)(H2,38,39,54)/b42-28-/t18?,22-,31-,36-/m1/s1. The Balaban J connectivity index is 1.10. The van der Waals surface area contributed by atoms with Crippen LogP contribution < -0.4 is 16.1 Å². The number of carboxylic acid groups (broad SMARTS) is 1. The molecule has 0 radical (unpaired) electrons. The number of thioether (sulfide) groups is 1. The zero-order valence-electron chi connectivity index (χ0n) is 32.4. The van der Waals surface area contributed by atoms with Crippen molar-refractivity contribution < 1.29 is 53.7 Å². The Morgan fingerprint density at radius 3 is 2.43 bits per heavy atom. The number of β-lactam (4-membered cyclic amide) rings is 1. The van der Waals surface area contributed by atoms with Crippen molar-refractivity contribution in [1.29, 1.82) is 0 Å². The van der Waals surface area contributed by atoms with Crippen LogP contribution in [0.15, 0.2) is 22.7 Å². The molecule has 5 amide bonds. The van der Waals surface area contributed by atoms with E-state index in [9.17, 15) is 48.9 Å². The number of carboxylic acids is 1. The second kappa shape index (κ2) is 17.9. The van der Waals surface area contributed by atoms with Crippen LogP contribution in [0.4, 0.5) is 9.59 Å². The van der Waals surface area contributed by atoms with Gasteiger partial charge in [-0.05, 0) is 59.6 Å². The molecule has 3 fully saturated rings. The normalized spacial score (nSPS) is 21.8. The number of carbonyl (C=O) groups excluding carboxylic acids is 6. The number of phenolic OH excluding ortho intramolecular Hbond substituents is 2. The minimum Gasteiger partial charge on any atom is -0.504 e.